The van der Waals surface area contributed by atoms with Crippen LogP contribution in [-0.2, 0) is 0 Å². The topological polar surface area (TPSA) is 60.5 Å². The van der Waals surface area contributed by atoms with Gasteiger partial charge in [0.1, 0.15) is 5.15 Å². The molecule has 0 saturated carbocycles. The van der Waals surface area contributed by atoms with Gasteiger partial charge in [0.05, 0.1) is 19.0 Å². The minimum absolute atomic E-state index is 0.102. The van der Waals surface area contributed by atoms with Crippen molar-refractivity contribution in [2.75, 3.05) is 12.4 Å². The first kappa shape index (κ1) is 16.0. The van der Waals surface area contributed by atoms with Crippen LogP contribution in [0.3, 0.4) is 0 Å². The summed E-state index contributed by atoms with van der Waals surface area (Å²) in [5, 5.41) is 2.85. The van der Waals surface area contributed by atoms with Crippen molar-refractivity contribution in [3.8, 4) is 11.5 Å². The maximum absolute atomic E-state index is 12.4. The molecular weight excluding hydrogens is 318 g/mol. The molecule has 8 heteroatoms. The molecule has 1 heterocycles. The number of anilines is 1. The lowest BCUT2D eigenvalue weighted by molar-refractivity contribution is -0.0512. The van der Waals surface area contributed by atoms with Crippen molar-refractivity contribution >= 4 is 23.2 Å². The quantitative estimate of drug-likeness (QED) is 0.852. The van der Waals surface area contributed by atoms with Crippen LogP contribution >= 0.6 is 11.6 Å². The van der Waals surface area contributed by atoms with E-state index in [-0.39, 0.29) is 22.2 Å². The van der Waals surface area contributed by atoms with Crippen molar-refractivity contribution in [2.24, 2.45) is 0 Å². The van der Waals surface area contributed by atoms with Crippen LogP contribution in [0.1, 0.15) is 10.4 Å². The molecule has 0 radical (unpaired) electrons. The number of aromatic nitrogens is 1. The molecule has 1 aromatic carbocycles. The Hall–Kier alpha value is -2.41. The molecule has 0 atom stereocenters. The van der Waals surface area contributed by atoms with Crippen LogP contribution in [0.4, 0.5) is 14.5 Å². The number of ether oxygens (including phenoxy) is 2. The van der Waals surface area contributed by atoms with Gasteiger partial charge in [-0.1, -0.05) is 11.6 Å². The molecule has 1 aromatic heterocycles. The molecule has 2 rings (SSSR count). The summed E-state index contributed by atoms with van der Waals surface area (Å²) in [5.74, 6) is -0.629. The number of carbonyl (C=O) groups excluding carboxylic acids is 1. The Balaban J connectivity index is 2.20. The van der Waals surface area contributed by atoms with Gasteiger partial charge in [-0.25, -0.2) is 4.98 Å². The minimum atomic E-state index is -3.02. The molecule has 1 N–H and O–H groups in total. The van der Waals surface area contributed by atoms with Gasteiger partial charge in [0.2, 0.25) is 0 Å². The largest absolute Gasteiger partial charge is 0.493 e. The number of pyridine rings is 1. The molecule has 2 aromatic rings. The average Bonchev–Trinajstić information content (AvgIpc) is 2.49. The third-order valence-corrected chi connectivity index (χ3v) is 2.85. The van der Waals surface area contributed by atoms with Gasteiger partial charge in [-0.2, -0.15) is 8.78 Å². The molecule has 5 nitrogen and oxygen atoms in total. The van der Waals surface area contributed by atoms with Crippen molar-refractivity contribution in [1.82, 2.24) is 4.98 Å². The first-order chi connectivity index (χ1) is 10.5. The van der Waals surface area contributed by atoms with Gasteiger partial charge in [-0.15, -0.1) is 0 Å². The first-order valence-corrected chi connectivity index (χ1v) is 6.43. The Morgan fingerprint density at radius 1 is 1.27 bits per heavy atom. The molecule has 0 fully saturated rings. The van der Waals surface area contributed by atoms with Gasteiger partial charge in [0.15, 0.2) is 11.5 Å². The second kappa shape index (κ2) is 7.04. The van der Waals surface area contributed by atoms with Crippen LogP contribution in [0.2, 0.25) is 5.15 Å². The maximum Gasteiger partial charge on any atom is 0.387 e. The van der Waals surface area contributed by atoms with Crippen molar-refractivity contribution < 1.29 is 23.0 Å². The number of methoxy groups -OCH3 is 1. The van der Waals surface area contributed by atoms with E-state index in [2.05, 4.69) is 15.0 Å². The number of halogens is 3. The fraction of sp³-hybridized carbons (Fsp3) is 0.143. The zero-order valence-electron chi connectivity index (χ0n) is 11.3. The smallest absolute Gasteiger partial charge is 0.387 e. The van der Waals surface area contributed by atoms with Gasteiger partial charge in [-0.3, -0.25) is 4.79 Å². The second-order valence-electron chi connectivity index (χ2n) is 4.07. The lowest BCUT2D eigenvalue weighted by Gasteiger charge is -2.11. The highest BCUT2D eigenvalue weighted by molar-refractivity contribution is 6.29. The molecular formula is C14H11ClF2N2O3. The Kier molecular flexibility index (Phi) is 5.11. The number of rotatable bonds is 5. The van der Waals surface area contributed by atoms with E-state index in [4.69, 9.17) is 16.3 Å². The lowest BCUT2D eigenvalue weighted by Crippen LogP contribution is -2.13. The van der Waals surface area contributed by atoms with Crippen molar-refractivity contribution in [2.45, 2.75) is 6.61 Å². The van der Waals surface area contributed by atoms with E-state index in [1.165, 1.54) is 37.6 Å². The number of nitrogens with one attached hydrogen (secondary N) is 1. The van der Waals surface area contributed by atoms with Crippen molar-refractivity contribution in [1.29, 1.82) is 0 Å². The van der Waals surface area contributed by atoms with Gasteiger partial charge in [-0.05, 0) is 30.3 Å². The maximum atomic E-state index is 12.4. The summed E-state index contributed by atoms with van der Waals surface area (Å²) < 4.78 is 33.9. The molecule has 0 saturated heterocycles. The molecule has 22 heavy (non-hydrogen) atoms. The predicted octanol–water partition coefficient (Wildman–Crippen LogP) is 3.60. The van der Waals surface area contributed by atoms with Crippen LogP contribution in [0, 0.1) is 0 Å². The van der Waals surface area contributed by atoms with Crippen LogP contribution < -0.4 is 14.8 Å². The summed E-state index contributed by atoms with van der Waals surface area (Å²) in [5.41, 5.74) is 0.549. The predicted molar refractivity (Wildman–Crippen MR) is 76.8 cm³/mol. The van der Waals surface area contributed by atoms with Crippen molar-refractivity contribution in [3.63, 3.8) is 0 Å². The molecule has 0 bridgehead atoms. The number of hydrogen-bond donors (Lipinski definition) is 1. The zero-order valence-corrected chi connectivity index (χ0v) is 12.1. The lowest BCUT2D eigenvalue weighted by atomic mass is 10.2. The van der Waals surface area contributed by atoms with Crippen LogP contribution in [0.15, 0.2) is 36.5 Å². The molecule has 0 unspecified atom stereocenters. The highest BCUT2D eigenvalue weighted by Crippen LogP contribution is 2.29. The zero-order chi connectivity index (χ0) is 16.1. The summed E-state index contributed by atoms with van der Waals surface area (Å²) in [6, 6.07) is 7.04. The highest BCUT2D eigenvalue weighted by atomic mass is 35.5. The van der Waals surface area contributed by atoms with E-state index < -0.39 is 12.5 Å². The van der Waals surface area contributed by atoms with E-state index >= 15 is 0 Å². The van der Waals surface area contributed by atoms with Gasteiger partial charge < -0.3 is 14.8 Å². The fourth-order valence-electron chi connectivity index (χ4n) is 1.66. The highest BCUT2D eigenvalue weighted by Gasteiger charge is 2.14. The Morgan fingerprint density at radius 2 is 2.05 bits per heavy atom. The molecule has 0 aliphatic carbocycles. The number of benzene rings is 1. The molecule has 1 amide bonds. The average molecular weight is 329 g/mol. The van der Waals surface area contributed by atoms with E-state index in [1.807, 2.05) is 0 Å². The number of hydrogen-bond acceptors (Lipinski definition) is 4. The fourth-order valence-corrected chi connectivity index (χ4v) is 1.77. The third-order valence-electron chi connectivity index (χ3n) is 2.63. The normalized spacial score (nSPS) is 10.4. The Labute approximate surface area is 129 Å². The van der Waals surface area contributed by atoms with Crippen LogP contribution in [0.25, 0.3) is 0 Å². The Morgan fingerprint density at radius 3 is 2.64 bits per heavy atom. The second-order valence-corrected chi connectivity index (χ2v) is 4.46. The monoisotopic (exact) mass is 328 g/mol. The third kappa shape index (κ3) is 4.05. The molecule has 0 spiro atoms. The summed E-state index contributed by atoms with van der Waals surface area (Å²) >= 11 is 5.64. The number of carbonyl (C=O) groups is 1. The van der Waals surface area contributed by atoms with E-state index in [1.54, 1.807) is 6.07 Å². The van der Waals surface area contributed by atoms with E-state index in [9.17, 15) is 13.6 Å². The summed E-state index contributed by atoms with van der Waals surface area (Å²) in [7, 11) is 1.31. The standard InChI is InChI=1S/C14H11ClF2N2O3/c1-21-10-4-2-8(6-11(10)22-14(16)17)13(20)19-9-3-5-12(15)18-7-9/h2-7,14H,1H3,(H,19,20). The first-order valence-electron chi connectivity index (χ1n) is 6.05. The van der Waals surface area contributed by atoms with Gasteiger partial charge in [0, 0.05) is 5.56 Å². The summed E-state index contributed by atoms with van der Waals surface area (Å²) in [6.07, 6.45) is 1.38. The summed E-state index contributed by atoms with van der Waals surface area (Å²) in [4.78, 5) is 15.9. The van der Waals surface area contributed by atoms with Crippen LogP contribution in [0.5, 0.6) is 11.5 Å². The number of amides is 1. The van der Waals surface area contributed by atoms with Gasteiger partial charge >= 0.3 is 6.61 Å². The van der Waals surface area contributed by atoms with E-state index in [0.717, 1.165) is 0 Å². The van der Waals surface area contributed by atoms with Gasteiger partial charge in [0.25, 0.3) is 5.91 Å². The van der Waals surface area contributed by atoms with Crippen LogP contribution in [-0.4, -0.2) is 24.6 Å². The number of alkyl halides is 2. The number of nitrogens with zero attached hydrogens (tertiary/aromatic N) is 1. The SMILES string of the molecule is COc1ccc(C(=O)Nc2ccc(Cl)nc2)cc1OC(F)F. The summed E-state index contributed by atoms with van der Waals surface area (Å²) in [6.45, 7) is -3.02. The minimum Gasteiger partial charge on any atom is -0.493 e. The van der Waals surface area contributed by atoms with E-state index in [0.29, 0.717) is 5.69 Å². The van der Waals surface area contributed by atoms with Crippen molar-refractivity contribution in [3.05, 3.63) is 47.2 Å². The molecule has 116 valence electrons. The molecule has 0 aliphatic rings. The Bertz CT molecular complexity index is 666. The molecule has 0 aliphatic heterocycles.